The van der Waals surface area contributed by atoms with Crippen molar-refractivity contribution in [3.05, 3.63) is 65.4 Å². The van der Waals surface area contributed by atoms with Gasteiger partial charge >= 0.3 is 6.18 Å². The number of anilines is 4. The number of benzene rings is 2. The molecule has 1 saturated carbocycles. The molecule has 3 aliphatic heterocycles. The normalized spacial score (nSPS) is 25.0. The molecule has 1 aromatic heterocycles. The molecular weight excluding hydrogens is 800 g/mol. The highest BCUT2D eigenvalue weighted by Crippen LogP contribution is 2.39. The van der Waals surface area contributed by atoms with Gasteiger partial charge in [0.15, 0.2) is 0 Å². The summed E-state index contributed by atoms with van der Waals surface area (Å²) in [5.41, 5.74) is -1.37. The number of sulfonamides is 1. The number of carbonyl (C=O) groups is 2. The molecule has 3 aromatic rings. The Morgan fingerprint density at radius 1 is 0.966 bits per heavy atom. The minimum atomic E-state index is -4.82. The number of piperazine rings is 1. The highest BCUT2D eigenvalue weighted by molar-refractivity contribution is 7.89. The first-order chi connectivity index (χ1) is 27.9. The molecule has 4 heterocycles. The number of nitrogens with zero attached hydrogens (tertiary/aromatic N) is 5. The first-order valence-corrected chi connectivity index (χ1v) is 21.5. The quantitative estimate of drug-likeness (QED) is 0.138. The third-order valence-corrected chi connectivity index (χ3v) is 13.3. The first-order valence-electron chi connectivity index (χ1n) is 20.0. The molecular formula is C40H49F5N8O5S. The van der Waals surface area contributed by atoms with Crippen LogP contribution in [0, 0.1) is 5.92 Å². The zero-order valence-corrected chi connectivity index (χ0v) is 33.5. The molecule has 0 spiro atoms. The largest absolute Gasteiger partial charge is 0.421 e. The second-order valence-electron chi connectivity index (χ2n) is 16.3. The number of aliphatic hydroxyl groups is 1. The SMILES string of the molecule is C[C@]1(O)CCCN(c2nc(Nc3ccc(S(=O)(=O)NC4CCC(CN5CCN(c6ccc(C7CCC(=O)NC7=O)cc6)CC5)CC4)cc3C(F)F)ncc2C(F)(F)F)C1. The molecule has 13 nitrogen and oxygen atoms in total. The van der Waals surface area contributed by atoms with Crippen molar-refractivity contribution in [2.24, 2.45) is 5.92 Å². The van der Waals surface area contributed by atoms with Crippen LogP contribution in [0.15, 0.2) is 53.6 Å². The molecule has 3 saturated heterocycles. The Morgan fingerprint density at radius 3 is 2.32 bits per heavy atom. The van der Waals surface area contributed by atoms with Crippen LogP contribution in [0.25, 0.3) is 0 Å². The van der Waals surface area contributed by atoms with E-state index in [9.17, 15) is 45.1 Å². The van der Waals surface area contributed by atoms with Crippen LogP contribution >= 0.6 is 0 Å². The molecule has 2 atom stereocenters. The van der Waals surface area contributed by atoms with E-state index in [1.54, 1.807) is 0 Å². The molecule has 1 aliphatic carbocycles. The van der Waals surface area contributed by atoms with Crippen molar-refractivity contribution in [3.8, 4) is 0 Å². The number of amides is 2. The van der Waals surface area contributed by atoms with Crippen molar-refractivity contribution in [1.82, 2.24) is 24.9 Å². The average molecular weight is 849 g/mol. The number of nitrogens with one attached hydrogen (secondary N) is 3. The third-order valence-electron chi connectivity index (χ3n) is 11.8. The highest BCUT2D eigenvalue weighted by atomic mass is 32.2. The summed E-state index contributed by atoms with van der Waals surface area (Å²) in [4.78, 5) is 37.2. The summed E-state index contributed by atoms with van der Waals surface area (Å²) in [6.45, 7) is 5.87. The van der Waals surface area contributed by atoms with Crippen molar-refractivity contribution in [2.75, 3.05) is 60.9 Å². The number of imide groups is 1. The number of piperidine rings is 2. The lowest BCUT2D eigenvalue weighted by Gasteiger charge is -2.39. The molecule has 0 bridgehead atoms. The van der Waals surface area contributed by atoms with Gasteiger partial charge in [-0.25, -0.2) is 26.9 Å². The van der Waals surface area contributed by atoms with E-state index in [0.717, 1.165) is 75.0 Å². The van der Waals surface area contributed by atoms with E-state index < -0.39 is 51.1 Å². The second-order valence-corrected chi connectivity index (χ2v) is 18.1. The van der Waals surface area contributed by atoms with Crippen LogP contribution in [0.3, 0.4) is 0 Å². The smallest absolute Gasteiger partial charge is 0.388 e. The molecule has 19 heteroatoms. The van der Waals surface area contributed by atoms with E-state index in [0.29, 0.717) is 50.6 Å². The van der Waals surface area contributed by atoms with Gasteiger partial charge < -0.3 is 20.2 Å². The highest BCUT2D eigenvalue weighted by Gasteiger charge is 2.40. The van der Waals surface area contributed by atoms with Gasteiger partial charge in [0.1, 0.15) is 11.4 Å². The Labute approximate surface area is 339 Å². The monoisotopic (exact) mass is 848 g/mol. The van der Waals surface area contributed by atoms with E-state index in [4.69, 9.17) is 0 Å². The molecule has 2 amide bonds. The number of alkyl halides is 5. The Hall–Kier alpha value is -4.46. The maximum absolute atomic E-state index is 14.4. The maximum Gasteiger partial charge on any atom is 0.421 e. The van der Waals surface area contributed by atoms with Gasteiger partial charge in [-0.1, -0.05) is 12.1 Å². The Morgan fingerprint density at radius 2 is 1.68 bits per heavy atom. The average Bonchev–Trinajstić information content (AvgIpc) is 3.18. The topological polar surface area (TPSA) is 160 Å². The number of aromatic nitrogens is 2. The predicted molar refractivity (Wildman–Crippen MR) is 210 cm³/mol. The van der Waals surface area contributed by atoms with Crippen LogP contribution in [0.5, 0.6) is 0 Å². The zero-order chi connectivity index (χ0) is 42.1. The van der Waals surface area contributed by atoms with E-state index in [1.165, 1.54) is 11.8 Å². The van der Waals surface area contributed by atoms with Gasteiger partial charge in [-0.3, -0.25) is 19.8 Å². The van der Waals surface area contributed by atoms with Crippen molar-refractivity contribution >= 4 is 45.0 Å². The summed E-state index contributed by atoms with van der Waals surface area (Å²) in [6.07, 6.45) is -2.99. The first kappa shape index (κ1) is 42.7. The summed E-state index contributed by atoms with van der Waals surface area (Å²) in [6, 6.07) is 10.7. The Kier molecular flexibility index (Phi) is 12.5. The van der Waals surface area contributed by atoms with Gasteiger partial charge in [0.25, 0.3) is 6.43 Å². The van der Waals surface area contributed by atoms with E-state index in [1.807, 2.05) is 24.3 Å². The third kappa shape index (κ3) is 10.3. The zero-order valence-electron chi connectivity index (χ0n) is 32.6. The molecule has 0 radical (unpaired) electrons. The number of hydrogen-bond donors (Lipinski definition) is 4. The van der Waals surface area contributed by atoms with Gasteiger partial charge in [-0.05, 0) is 93.7 Å². The fourth-order valence-electron chi connectivity index (χ4n) is 8.63. The lowest BCUT2D eigenvalue weighted by atomic mass is 9.86. The van der Waals surface area contributed by atoms with Crippen LogP contribution < -0.4 is 25.2 Å². The number of rotatable bonds is 11. The van der Waals surface area contributed by atoms with Crippen LogP contribution in [-0.4, -0.2) is 97.7 Å². The number of carbonyl (C=O) groups excluding carboxylic acids is 2. The van der Waals surface area contributed by atoms with Crippen LogP contribution in [0.4, 0.5) is 45.1 Å². The summed E-state index contributed by atoms with van der Waals surface area (Å²) < 4.78 is 100. The fraction of sp³-hybridized carbons (Fsp3) is 0.550. The number of β-amino-alcohol motifs (C(OH)–C–C–N with tert-alkyl or cyclic N) is 1. The number of halogens is 5. The summed E-state index contributed by atoms with van der Waals surface area (Å²) in [5, 5.41) is 15.5. The summed E-state index contributed by atoms with van der Waals surface area (Å²) in [7, 11) is -4.20. The fourth-order valence-corrected chi connectivity index (χ4v) is 9.97. The van der Waals surface area contributed by atoms with Gasteiger partial charge in [0.05, 0.1) is 16.4 Å². The number of hydrogen-bond acceptors (Lipinski definition) is 11. The molecule has 4 fully saturated rings. The molecule has 320 valence electrons. The standard InChI is InChI=1S/C40H49F5N8O5S/c1-39(56)15-2-16-53(24-39)36-32(40(43,44)45)22-46-38(49-36)47-33-13-11-29(21-31(33)35(41)42)59(57,58)50-27-7-3-25(4-8-27)23-51-17-19-52(20-18-51)28-9-5-26(6-10-28)30-12-14-34(54)48-37(30)55/h5-6,9-11,13,21-22,25,27,30,35,50,56H,2-4,7-8,12,14-20,23-24H2,1H3,(H,46,47,49)(H,48,54,55)/t25?,27?,30?,39-/m0/s1. The Balaban J connectivity index is 0.915. The minimum absolute atomic E-state index is 0.123. The predicted octanol–water partition coefficient (Wildman–Crippen LogP) is 5.71. The summed E-state index contributed by atoms with van der Waals surface area (Å²) in [5.74, 6) is -1.33. The Bertz CT molecular complexity index is 2110. The molecule has 4 N–H and O–H groups in total. The van der Waals surface area contributed by atoms with Gasteiger partial charge in [-0.2, -0.15) is 18.2 Å². The second kappa shape index (κ2) is 17.3. The van der Waals surface area contributed by atoms with Crippen LogP contribution in [0.2, 0.25) is 0 Å². The van der Waals surface area contributed by atoms with Crippen molar-refractivity contribution in [1.29, 1.82) is 0 Å². The molecule has 7 rings (SSSR count). The molecule has 2 aromatic carbocycles. The molecule has 59 heavy (non-hydrogen) atoms. The van der Waals surface area contributed by atoms with Crippen molar-refractivity contribution in [2.45, 2.75) is 93.3 Å². The van der Waals surface area contributed by atoms with Gasteiger partial charge in [-0.15, -0.1) is 0 Å². The van der Waals surface area contributed by atoms with E-state index in [2.05, 4.69) is 35.1 Å². The van der Waals surface area contributed by atoms with Crippen LogP contribution in [-0.2, 0) is 25.8 Å². The lowest BCUT2D eigenvalue weighted by Crippen LogP contribution is -2.48. The van der Waals surface area contributed by atoms with E-state index >= 15 is 0 Å². The van der Waals surface area contributed by atoms with E-state index in [-0.39, 0.29) is 47.4 Å². The summed E-state index contributed by atoms with van der Waals surface area (Å²) >= 11 is 0. The van der Waals surface area contributed by atoms with Gasteiger partial charge in [0, 0.05) is 81.4 Å². The van der Waals surface area contributed by atoms with Gasteiger partial charge in [0.2, 0.25) is 27.8 Å². The maximum atomic E-state index is 14.4. The minimum Gasteiger partial charge on any atom is -0.388 e. The van der Waals surface area contributed by atoms with Crippen molar-refractivity contribution in [3.63, 3.8) is 0 Å². The molecule has 4 aliphatic rings. The lowest BCUT2D eigenvalue weighted by molar-refractivity contribution is -0.138. The molecule has 1 unspecified atom stereocenters. The van der Waals surface area contributed by atoms with Crippen molar-refractivity contribution < 1.29 is 45.1 Å². The van der Waals surface area contributed by atoms with Crippen LogP contribution in [0.1, 0.15) is 87.3 Å².